The number of aryl methyl sites for hydroxylation is 1. The highest BCUT2D eigenvalue weighted by Crippen LogP contribution is 2.30. The largest absolute Gasteiger partial charge is 0.442 e. The topological polar surface area (TPSA) is 55.1 Å². The molecule has 1 amide bonds. The number of amides is 1. The predicted octanol–water partition coefficient (Wildman–Crippen LogP) is 4.24. The molecule has 2 aromatic heterocycles. The van der Waals surface area contributed by atoms with Crippen LogP contribution in [0.25, 0.3) is 10.6 Å². The number of benzene rings is 1. The number of anilines is 1. The molecule has 0 aliphatic carbocycles. The fraction of sp³-hybridized carbons (Fsp3) is 0.0667. The third-order valence-corrected chi connectivity index (χ3v) is 3.92. The summed E-state index contributed by atoms with van der Waals surface area (Å²) in [6.07, 6.45) is 1.14. The van der Waals surface area contributed by atoms with Crippen molar-refractivity contribution < 1.29 is 18.0 Å². The molecule has 0 saturated heterocycles. The molecule has 0 fully saturated rings. The van der Waals surface area contributed by atoms with Gasteiger partial charge in [0.1, 0.15) is 11.6 Å². The summed E-state index contributed by atoms with van der Waals surface area (Å²) in [7, 11) is 0. The van der Waals surface area contributed by atoms with Crippen molar-refractivity contribution in [3.8, 4) is 10.6 Å². The van der Waals surface area contributed by atoms with Crippen molar-refractivity contribution in [2.75, 3.05) is 5.32 Å². The molecule has 0 saturated carbocycles. The van der Waals surface area contributed by atoms with Crippen molar-refractivity contribution in [1.29, 1.82) is 0 Å². The highest BCUT2D eigenvalue weighted by Gasteiger charge is 2.20. The molecule has 7 heteroatoms. The highest BCUT2D eigenvalue weighted by molar-refractivity contribution is 7.15. The summed E-state index contributed by atoms with van der Waals surface area (Å²) in [4.78, 5) is 17.9. The zero-order valence-electron chi connectivity index (χ0n) is 11.4. The summed E-state index contributed by atoms with van der Waals surface area (Å²) in [6, 6.07) is 6.51. The van der Waals surface area contributed by atoms with Crippen LogP contribution in [0.4, 0.5) is 14.5 Å². The summed E-state index contributed by atoms with van der Waals surface area (Å²) in [5.41, 5.74) is -0.230. The van der Waals surface area contributed by atoms with Gasteiger partial charge in [-0.2, -0.15) is 0 Å². The van der Waals surface area contributed by atoms with E-state index in [1.807, 2.05) is 13.0 Å². The van der Waals surface area contributed by atoms with Crippen LogP contribution in [0.5, 0.6) is 0 Å². The number of carbonyl (C=O) groups is 1. The van der Waals surface area contributed by atoms with E-state index in [-0.39, 0.29) is 11.4 Å². The minimum Gasteiger partial charge on any atom is -0.442 e. The molecule has 22 heavy (non-hydrogen) atoms. The zero-order valence-corrected chi connectivity index (χ0v) is 12.2. The van der Waals surface area contributed by atoms with Gasteiger partial charge in [0.25, 0.3) is 5.91 Å². The average Bonchev–Trinajstić information content (AvgIpc) is 3.11. The van der Waals surface area contributed by atoms with E-state index in [2.05, 4.69) is 10.3 Å². The van der Waals surface area contributed by atoms with E-state index in [9.17, 15) is 13.6 Å². The van der Waals surface area contributed by atoms with Gasteiger partial charge in [0, 0.05) is 10.9 Å². The summed E-state index contributed by atoms with van der Waals surface area (Å²) in [5.74, 6) is -1.75. The Labute approximate surface area is 128 Å². The van der Waals surface area contributed by atoms with E-state index in [1.165, 1.54) is 11.3 Å². The molecule has 4 nitrogen and oxygen atoms in total. The molecule has 0 aliphatic rings. The Balaban J connectivity index is 1.90. The van der Waals surface area contributed by atoms with Crippen LogP contribution >= 0.6 is 11.3 Å². The lowest BCUT2D eigenvalue weighted by Gasteiger charge is -2.05. The van der Waals surface area contributed by atoms with E-state index >= 15 is 0 Å². The molecule has 0 radical (unpaired) electrons. The summed E-state index contributed by atoms with van der Waals surface area (Å²) in [5, 5.41) is 2.30. The lowest BCUT2D eigenvalue weighted by molar-refractivity contribution is 0.102. The third kappa shape index (κ3) is 2.75. The standard InChI is InChI=1S/C15H10F2N2O2S/c1-8-2-5-12(22-8)14-13(18-7-21-14)15(20)19-11-6-9(16)3-4-10(11)17/h2-7H,1H3,(H,19,20). The van der Waals surface area contributed by atoms with Crippen molar-refractivity contribution in [3.05, 3.63) is 58.9 Å². The van der Waals surface area contributed by atoms with Crippen LogP contribution in [-0.4, -0.2) is 10.9 Å². The maximum atomic E-state index is 13.6. The van der Waals surface area contributed by atoms with Gasteiger partial charge in [-0.3, -0.25) is 4.79 Å². The van der Waals surface area contributed by atoms with Crippen molar-refractivity contribution in [2.24, 2.45) is 0 Å². The molecule has 0 aliphatic heterocycles. The van der Waals surface area contributed by atoms with Gasteiger partial charge < -0.3 is 9.73 Å². The van der Waals surface area contributed by atoms with Crippen molar-refractivity contribution in [2.45, 2.75) is 6.92 Å². The SMILES string of the molecule is Cc1ccc(-c2ocnc2C(=O)Nc2cc(F)ccc2F)s1. The minimum absolute atomic E-state index is 0.0190. The highest BCUT2D eigenvalue weighted by atomic mass is 32.1. The Morgan fingerprint density at radius 3 is 2.82 bits per heavy atom. The van der Waals surface area contributed by atoms with Crippen LogP contribution < -0.4 is 5.32 Å². The molecule has 3 rings (SSSR count). The number of rotatable bonds is 3. The Morgan fingerprint density at radius 1 is 1.27 bits per heavy atom. The van der Waals surface area contributed by atoms with Crippen LogP contribution in [0.1, 0.15) is 15.4 Å². The number of carbonyl (C=O) groups excluding carboxylic acids is 1. The smallest absolute Gasteiger partial charge is 0.278 e. The van der Waals surface area contributed by atoms with Crippen LogP contribution in [0.3, 0.4) is 0 Å². The Hall–Kier alpha value is -2.54. The molecule has 0 spiro atoms. The number of aromatic nitrogens is 1. The molecule has 1 aromatic carbocycles. The van der Waals surface area contributed by atoms with Crippen LogP contribution in [0.2, 0.25) is 0 Å². The van der Waals surface area contributed by atoms with Crippen LogP contribution in [-0.2, 0) is 0 Å². The van der Waals surface area contributed by atoms with Gasteiger partial charge in [-0.15, -0.1) is 11.3 Å². The van der Waals surface area contributed by atoms with Gasteiger partial charge >= 0.3 is 0 Å². The number of thiophene rings is 1. The quantitative estimate of drug-likeness (QED) is 0.785. The van der Waals surface area contributed by atoms with Crippen LogP contribution in [0.15, 0.2) is 41.1 Å². The Morgan fingerprint density at radius 2 is 2.09 bits per heavy atom. The van der Waals surface area contributed by atoms with E-state index in [0.717, 1.165) is 34.3 Å². The first kappa shape index (κ1) is 14.4. The molecular formula is C15H10F2N2O2S. The summed E-state index contributed by atoms with van der Waals surface area (Å²) < 4.78 is 32.0. The van der Waals surface area contributed by atoms with Crippen molar-refractivity contribution >= 4 is 22.9 Å². The van der Waals surface area contributed by atoms with E-state index in [1.54, 1.807) is 6.07 Å². The molecule has 0 bridgehead atoms. The second kappa shape index (κ2) is 5.69. The minimum atomic E-state index is -0.730. The van der Waals surface area contributed by atoms with E-state index < -0.39 is 17.5 Å². The zero-order chi connectivity index (χ0) is 15.7. The molecule has 2 heterocycles. The van der Waals surface area contributed by atoms with Gasteiger partial charge in [0.2, 0.25) is 0 Å². The summed E-state index contributed by atoms with van der Waals surface area (Å²) >= 11 is 1.44. The number of nitrogens with one attached hydrogen (secondary N) is 1. The second-order valence-electron chi connectivity index (χ2n) is 4.52. The summed E-state index contributed by atoms with van der Waals surface area (Å²) in [6.45, 7) is 1.92. The Kier molecular flexibility index (Phi) is 3.72. The normalized spacial score (nSPS) is 10.7. The average molecular weight is 320 g/mol. The van der Waals surface area contributed by atoms with E-state index in [0.29, 0.717) is 5.76 Å². The predicted molar refractivity (Wildman–Crippen MR) is 78.9 cm³/mol. The maximum absolute atomic E-state index is 13.6. The second-order valence-corrected chi connectivity index (χ2v) is 5.81. The first-order chi connectivity index (χ1) is 10.5. The molecule has 3 aromatic rings. The van der Waals surface area contributed by atoms with Gasteiger partial charge in [-0.25, -0.2) is 13.8 Å². The Bertz CT molecular complexity index is 842. The number of oxazole rings is 1. The molecule has 1 N–H and O–H groups in total. The number of halogens is 2. The maximum Gasteiger partial charge on any atom is 0.278 e. The third-order valence-electron chi connectivity index (χ3n) is 2.92. The van der Waals surface area contributed by atoms with Gasteiger partial charge in [0.15, 0.2) is 17.8 Å². The number of hydrogen-bond donors (Lipinski definition) is 1. The molecular weight excluding hydrogens is 310 g/mol. The molecule has 0 atom stereocenters. The molecule has 112 valence electrons. The van der Waals surface area contributed by atoms with Gasteiger partial charge in [-0.05, 0) is 31.2 Å². The first-order valence-electron chi connectivity index (χ1n) is 6.31. The lowest BCUT2D eigenvalue weighted by atomic mass is 10.2. The van der Waals surface area contributed by atoms with Crippen molar-refractivity contribution in [3.63, 3.8) is 0 Å². The molecule has 0 unspecified atom stereocenters. The van der Waals surface area contributed by atoms with Gasteiger partial charge in [-0.1, -0.05) is 0 Å². The van der Waals surface area contributed by atoms with Crippen molar-refractivity contribution in [1.82, 2.24) is 4.98 Å². The number of nitrogens with zero attached hydrogens (tertiary/aromatic N) is 1. The monoisotopic (exact) mass is 320 g/mol. The van der Waals surface area contributed by atoms with E-state index in [4.69, 9.17) is 4.42 Å². The fourth-order valence-electron chi connectivity index (χ4n) is 1.91. The fourth-order valence-corrected chi connectivity index (χ4v) is 2.77. The van der Waals surface area contributed by atoms with Gasteiger partial charge in [0.05, 0.1) is 10.6 Å². The first-order valence-corrected chi connectivity index (χ1v) is 7.13. The lowest BCUT2D eigenvalue weighted by Crippen LogP contribution is -2.14. The number of hydrogen-bond acceptors (Lipinski definition) is 4. The van der Waals surface area contributed by atoms with Crippen LogP contribution in [0, 0.1) is 18.6 Å².